The van der Waals surface area contributed by atoms with Gasteiger partial charge in [-0.3, -0.25) is 4.79 Å². The topological polar surface area (TPSA) is 75.1 Å². The van der Waals surface area contributed by atoms with Crippen molar-refractivity contribution in [1.82, 2.24) is 14.1 Å². The fraction of sp³-hybridized carbons (Fsp3) is 0.105. The molecule has 1 atom stereocenters. The molecule has 4 rings (SSSR count). The van der Waals surface area contributed by atoms with Gasteiger partial charge in [0.25, 0.3) is 5.91 Å². The van der Waals surface area contributed by atoms with Gasteiger partial charge in [0.1, 0.15) is 11.0 Å². The van der Waals surface area contributed by atoms with Crippen molar-refractivity contribution in [2.24, 2.45) is 0 Å². The Morgan fingerprint density at radius 1 is 1.08 bits per heavy atom. The Balaban J connectivity index is 1.39. The SMILES string of the molecule is O=C(NCC(O)c1ccc(-c2cccs2)cc1)c1ccc2nsnc2c1. The maximum Gasteiger partial charge on any atom is 0.251 e. The number of rotatable bonds is 5. The van der Waals surface area contributed by atoms with E-state index in [1.54, 1.807) is 29.5 Å². The lowest BCUT2D eigenvalue weighted by atomic mass is 10.1. The lowest BCUT2D eigenvalue weighted by Crippen LogP contribution is -2.28. The van der Waals surface area contributed by atoms with Crippen LogP contribution in [0.1, 0.15) is 22.0 Å². The number of aromatic nitrogens is 2. The predicted molar refractivity (Wildman–Crippen MR) is 104 cm³/mol. The summed E-state index contributed by atoms with van der Waals surface area (Å²) in [6, 6.07) is 17.0. The first-order valence-corrected chi connectivity index (χ1v) is 9.64. The third-order valence-electron chi connectivity index (χ3n) is 4.07. The summed E-state index contributed by atoms with van der Waals surface area (Å²) >= 11 is 2.79. The molecule has 0 bridgehead atoms. The number of hydrogen-bond acceptors (Lipinski definition) is 6. The molecule has 130 valence electrons. The summed E-state index contributed by atoms with van der Waals surface area (Å²) < 4.78 is 8.25. The molecule has 0 spiro atoms. The second kappa shape index (κ2) is 7.33. The van der Waals surface area contributed by atoms with Gasteiger partial charge in [-0.25, -0.2) is 0 Å². The Kier molecular flexibility index (Phi) is 4.75. The molecule has 0 aliphatic carbocycles. The Bertz CT molecular complexity index is 1030. The van der Waals surface area contributed by atoms with Crippen molar-refractivity contribution >= 4 is 40.0 Å². The van der Waals surface area contributed by atoms with Crippen molar-refractivity contribution < 1.29 is 9.90 Å². The minimum atomic E-state index is -0.763. The van der Waals surface area contributed by atoms with Crippen LogP contribution in [0.25, 0.3) is 21.5 Å². The summed E-state index contributed by atoms with van der Waals surface area (Å²) in [5.74, 6) is -0.242. The first kappa shape index (κ1) is 16.8. The zero-order valence-corrected chi connectivity index (χ0v) is 15.3. The van der Waals surface area contributed by atoms with E-state index in [4.69, 9.17) is 0 Å². The fourth-order valence-electron chi connectivity index (χ4n) is 2.65. The first-order valence-electron chi connectivity index (χ1n) is 8.03. The molecule has 1 unspecified atom stereocenters. The van der Waals surface area contributed by atoms with Crippen molar-refractivity contribution in [3.8, 4) is 10.4 Å². The number of thiophene rings is 1. The number of fused-ring (bicyclic) bond motifs is 1. The van der Waals surface area contributed by atoms with E-state index in [2.05, 4.69) is 20.1 Å². The van der Waals surface area contributed by atoms with Crippen LogP contribution in [0, 0.1) is 0 Å². The van der Waals surface area contributed by atoms with Crippen molar-refractivity contribution in [2.75, 3.05) is 6.54 Å². The molecule has 2 aromatic carbocycles. The highest BCUT2D eigenvalue weighted by molar-refractivity contribution is 7.13. The molecular formula is C19H15N3O2S2. The first-order chi connectivity index (χ1) is 12.7. The third-order valence-corrected chi connectivity index (χ3v) is 5.55. The van der Waals surface area contributed by atoms with E-state index < -0.39 is 6.10 Å². The molecule has 2 aromatic heterocycles. The number of aliphatic hydroxyl groups excluding tert-OH is 1. The summed E-state index contributed by atoms with van der Waals surface area (Å²) in [5.41, 5.74) is 3.87. The van der Waals surface area contributed by atoms with Crippen molar-refractivity contribution in [2.45, 2.75) is 6.10 Å². The lowest BCUT2D eigenvalue weighted by Gasteiger charge is -2.13. The molecule has 7 heteroatoms. The van der Waals surface area contributed by atoms with E-state index in [0.717, 1.165) is 28.4 Å². The number of benzene rings is 2. The smallest absolute Gasteiger partial charge is 0.251 e. The van der Waals surface area contributed by atoms with Gasteiger partial charge in [-0.15, -0.1) is 11.3 Å². The van der Waals surface area contributed by atoms with E-state index in [9.17, 15) is 9.90 Å². The van der Waals surface area contributed by atoms with E-state index in [1.165, 1.54) is 4.88 Å². The molecule has 1 amide bonds. The van der Waals surface area contributed by atoms with Crippen LogP contribution in [0.2, 0.25) is 0 Å². The van der Waals surface area contributed by atoms with E-state index >= 15 is 0 Å². The van der Waals surface area contributed by atoms with Gasteiger partial charge in [-0.1, -0.05) is 30.3 Å². The molecule has 26 heavy (non-hydrogen) atoms. The van der Waals surface area contributed by atoms with Gasteiger partial charge >= 0.3 is 0 Å². The summed E-state index contributed by atoms with van der Waals surface area (Å²) in [6.45, 7) is 0.143. The highest BCUT2D eigenvalue weighted by atomic mass is 32.1. The average molecular weight is 381 g/mol. The van der Waals surface area contributed by atoms with Crippen molar-refractivity contribution in [3.63, 3.8) is 0 Å². The normalized spacial score (nSPS) is 12.2. The molecule has 0 aliphatic rings. The molecule has 0 aliphatic heterocycles. The van der Waals surface area contributed by atoms with Crippen LogP contribution >= 0.6 is 23.1 Å². The largest absolute Gasteiger partial charge is 0.387 e. The van der Waals surface area contributed by atoms with Gasteiger partial charge in [0.2, 0.25) is 0 Å². The van der Waals surface area contributed by atoms with E-state index in [0.29, 0.717) is 11.1 Å². The zero-order chi connectivity index (χ0) is 17.9. The van der Waals surface area contributed by atoms with Crippen LogP contribution in [0.4, 0.5) is 0 Å². The maximum absolute atomic E-state index is 12.3. The summed E-state index contributed by atoms with van der Waals surface area (Å²) in [5, 5.41) is 15.1. The number of nitrogens with one attached hydrogen (secondary N) is 1. The van der Waals surface area contributed by atoms with Crippen molar-refractivity contribution in [3.05, 3.63) is 71.1 Å². The summed E-state index contributed by atoms with van der Waals surface area (Å²) in [4.78, 5) is 13.5. The highest BCUT2D eigenvalue weighted by Gasteiger charge is 2.12. The number of carbonyl (C=O) groups excluding carboxylic acids is 1. The van der Waals surface area contributed by atoms with Crippen LogP contribution < -0.4 is 5.32 Å². The monoisotopic (exact) mass is 381 g/mol. The Morgan fingerprint density at radius 3 is 2.65 bits per heavy atom. The minimum Gasteiger partial charge on any atom is -0.387 e. The van der Waals surface area contributed by atoms with Crippen LogP contribution in [-0.4, -0.2) is 26.3 Å². The lowest BCUT2D eigenvalue weighted by molar-refractivity contribution is 0.0916. The third kappa shape index (κ3) is 3.50. The quantitative estimate of drug-likeness (QED) is 0.550. The molecule has 0 saturated heterocycles. The Hall–Kier alpha value is -2.61. The van der Waals surface area contributed by atoms with Crippen LogP contribution in [0.15, 0.2) is 60.0 Å². The molecule has 5 nitrogen and oxygen atoms in total. The Labute approximate surface area is 158 Å². The zero-order valence-electron chi connectivity index (χ0n) is 13.6. The van der Waals surface area contributed by atoms with Crippen molar-refractivity contribution in [1.29, 1.82) is 0 Å². The van der Waals surface area contributed by atoms with Gasteiger partial charge in [-0.05, 0) is 40.8 Å². The second-order valence-corrected chi connectivity index (χ2v) is 7.27. The summed E-state index contributed by atoms with van der Waals surface area (Å²) in [6.07, 6.45) is -0.763. The van der Waals surface area contributed by atoms with Crippen LogP contribution in [0.3, 0.4) is 0 Å². The average Bonchev–Trinajstić information content (AvgIpc) is 3.37. The van der Waals surface area contributed by atoms with Gasteiger partial charge in [0.05, 0.1) is 17.8 Å². The second-order valence-electron chi connectivity index (χ2n) is 5.79. The van der Waals surface area contributed by atoms with Crippen LogP contribution in [0.5, 0.6) is 0 Å². The number of amides is 1. The molecule has 0 radical (unpaired) electrons. The molecule has 4 aromatic rings. The highest BCUT2D eigenvalue weighted by Crippen LogP contribution is 2.26. The Morgan fingerprint density at radius 2 is 1.88 bits per heavy atom. The number of hydrogen-bond donors (Lipinski definition) is 2. The molecule has 2 N–H and O–H groups in total. The number of carbonyl (C=O) groups is 1. The molecular weight excluding hydrogens is 366 g/mol. The van der Waals surface area contributed by atoms with Gasteiger partial charge in [0, 0.05) is 17.0 Å². The number of nitrogens with zero attached hydrogens (tertiary/aromatic N) is 2. The van der Waals surface area contributed by atoms with E-state index in [1.807, 2.05) is 35.7 Å². The van der Waals surface area contributed by atoms with Gasteiger partial charge in [-0.2, -0.15) is 8.75 Å². The predicted octanol–water partition coefficient (Wildman–Crippen LogP) is 3.88. The summed E-state index contributed by atoms with van der Waals surface area (Å²) in [7, 11) is 0. The molecule has 0 fully saturated rings. The van der Waals surface area contributed by atoms with Crippen LogP contribution in [-0.2, 0) is 0 Å². The van der Waals surface area contributed by atoms with Gasteiger partial charge < -0.3 is 10.4 Å². The van der Waals surface area contributed by atoms with E-state index in [-0.39, 0.29) is 12.5 Å². The molecule has 2 heterocycles. The molecule has 0 saturated carbocycles. The number of aliphatic hydroxyl groups is 1. The standard InChI is InChI=1S/C19H15N3O2S2/c23-17(12-3-5-13(6-4-12)18-2-1-9-25-18)11-20-19(24)14-7-8-15-16(10-14)22-26-21-15/h1-10,17,23H,11H2,(H,20,24). The van der Waals surface area contributed by atoms with Gasteiger partial charge in [0.15, 0.2) is 0 Å². The maximum atomic E-state index is 12.3. The fourth-order valence-corrected chi connectivity index (χ4v) is 3.90. The minimum absolute atomic E-state index is 0.143.